The molecule has 4 N–H and O–H groups in total. The maximum absolute atomic E-state index is 11.7. The Hall–Kier alpha value is -1.79. The molecular weight excluding hydrogens is 276 g/mol. The Morgan fingerprint density at radius 1 is 1.24 bits per heavy atom. The lowest BCUT2D eigenvalue weighted by atomic mass is 10.0. The van der Waals surface area contributed by atoms with Gasteiger partial charge in [0, 0.05) is 13.0 Å². The minimum absolute atomic E-state index is 0.104. The van der Waals surface area contributed by atoms with Crippen LogP contribution >= 0.6 is 0 Å². The monoisotopic (exact) mass is 300 g/mol. The molecule has 1 aliphatic rings. The summed E-state index contributed by atoms with van der Waals surface area (Å²) in [7, 11) is 0. The first-order chi connectivity index (χ1) is 9.88. The van der Waals surface area contributed by atoms with Crippen LogP contribution in [0.1, 0.15) is 51.9 Å². The Morgan fingerprint density at radius 2 is 1.90 bits per heavy atom. The fraction of sp³-hybridized carbons (Fsp3) is 0.786. The highest BCUT2D eigenvalue weighted by Crippen LogP contribution is 2.48. The van der Waals surface area contributed by atoms with E-state index in [2.05, 4.69) is 17.6 Å². The number of urea groups is 1. The lowest BCUT2D eigenvalue weighted by Gasteiger charge is -2.18. The molecule has 0 aromatic carbocycles. The molecule has 1 aliphatic carbocycles. The van der Waals surface area contributed by atoms with E-state index in [1.54, 1.807) is 0 Å². The van der Waals surface area contributed by atoms with E-state index < -0.39 is 24.0 Å². The Morgan fingerprint density at radius 3 is 2.38 bits per heavy atom. The van der Waals surface area contributed by atoms with Crippen LogP contribution in [0.2, 0.25) is 0 Å². The van der Waals surface area contributed by atoms with E-state index in [9.17, 15) is 14.4 Å². The normalized spacial score (nSPS) is 16.8. The van der Waals surface area contributed by atoms with Gasteiger partial charge >= 0.3 is 18.0 Å². The van der Waals surface area contributed by atoms with Crippen molar-refractivity contribution in [2.45, 2.75) is 57.9 Å². The number of hydrogen-bond acceptors (Lipinski definition) is 3. The minimum Gasteiger partial charge on any atom is -0.481 e. The van der Waals surface area contributed by atoms with Gasteiger partial charge in [-0.25, -0.2) is 9.59 Å². The molecule has 1 atom stereocenters. The standard InChI is InChI=1S/C14H24N2O5/c1-2-6-14(7-8-14)9-15-13(21)16-10(12(19)20)4-3-5-11(17)18/h10H,2-9H2,1H3,(H,17,18)(H,19,20)(H2,15,16,21)/t10-/m1/s1. The van der Waals surface area contributed by atoms with E-state index in [1.807, 2.05) is 0 Å². The molecule has 0 saturated heterocycles. The van der Waals surface area contributed by atoms with Gasteiger partial charge in [0.1, 0.15) is 6.04 Å². The van der Waals surface area contributed by atoms with Gasteiger partial charge in [-0.05, 0) is 37.5 Å². The van der Waals surface area contributed by atoms with Crippen LogP contribution in [0.4, 0.5) is 4.79 Å². The maximum Gasteiger partial charge on any atom is 0.326 e. The fourth-order valence-corrected chi connectivity index (χ4v) is 2.41. The second kappa shape index (κ2) is 7.85. The predicted octanol–water partition coefficient (Wildman–Crippen LogP) is 1.57. The average molecular weight is 300 g/mol. The zero-order valence-electron chi connectivity index (χ0n) is 12.4. The van der Waals surface area contributed by atoms with Gasteiger partial charge in [-0.15, -0.1) is 0 Å². The predicted molar refractivity (Wildman–Crippen MR) is 76.0 cm³/mol. The van der Waals surface area contributed by atoms with E-state index in [1.165, 1.54) is 0 Å². The molecule has 120 valence electrons. The number of amides is 2. The third-order valence-electron chi connectivity index (χ3n) is 3.85. The van der Waals surface area contributed by atoms with Crippen LogP contribution in [-0.2, 0) is 9.59 Å². The van der Waals surface area contributed by atoms with Crippen molar-refractivity contribution in [3.63, 3.8) is 0 Å². The molecule has 7 heteroatoms. The number of rotatable bonds is 10. The Labute approximate surface area is 124 Å². The van der Waals surface area contributed by atoms with Crippen LogP contribution in [0.25, 0.3) is 0 Å². The molecule has 0 aromatic heterocycles. The molecule has 0 unspecified atom stereocenters. The third kappa shape index (κ3) is 6.46. The second-order valence-corrected chi connectivity index (χ2v) is 5.75. The first-order valence-electron chi connectivity index (χ1n) is 7.37. The molecule has 0 aliphatic heterocycles. The maximum atomic E-state index is 11.7. The van der Waals surface area contributed by atoms with Gasteiger partial charge in [0.15, 0.2) is 0 Å². The molecule has 21 heavy (non-hydrogen) atoms. The summed E-state index contributed by atoms with van der Waals surface area (Å²) in [6.45, 7) is 2.66. The Kier molecular flexibility index (Phi) is 6.45. The zero-order chi connectivity index (χ0) is 15.9. The summed E-state index contributed by atoms with van der Waals surface area (Å²) in [4.78, 5) is 33.2. The molecule has 1 rings (SSSR count). The van der Waals surface area contributed by atoms with Crippen molar-refractivity contribution in [3.05, 3.63) is 0 Å². The molecular formula is C14H24N2O5. The third-order valence-corrected chi connectivity index (χ3v) is 3.85. The van der Waals surface area contributed by atoms with Crippen molar-refractivity contribution in [1.82, 2.24) is 10.6 Å². The van der Waals surface area contributed by atoms with Gasteiger partial charge in [-0.1, -0.05) is 13.3 Å². The molecule has 0 aromatic rings. The van der Waals surface area contributed by atoms with Crippen LogP contribution in [0.3, 0.4) is 0 Å². The van der Waals surface area contributed by atoms with Gasteiger partial charge < -0.3 is 20.8 Å². The fourth-order valence-electron chi connectivity index (χ4n) is 2.41. The van der Waals surface area contributed by atoms with Crippen molar-refractivity contribution in [2.75, 3.05) is 6.54 Å². The van der Waals surface area contributed by atoms with Gasteiger partial charge in [0.05, 0.1) is 0 Å². The largest absolute Gasteiger partial charge is 0.481 e. The first-order valence-corrected chi connectivity index (χ1v) is 7.37. The number of carbonyl (C=O) groups is 3. The number of nitrogens with one attached hydrogen (secondary N) is 2. The summed E-state index contributed by atoms with van der Waals surface area (Å²) in [5.41, 5.74) is 0.202. The van der Waals surface area contributed by atoms with Gasteiger partial charge in [0.25, 0.3) is 0 Å². The minimum atomic E-state index is -1.15. The number of carbonyl (C=O) groups excluding carboxylic acids is 1. The average Bonchev–Trinajstić information content (AvgIpc) is 3.15. The summed E-state index contributed by atoms with van der Waals surface area (Å²) in [6, 6.07) is -1.55. The lowest BCUT2D eigenvalue weighted by Crippen LogP contribution is -2.47. The Bertz CT molecular complexity index is 393. The van der Waals surface area contributed by atoms with Crippen molar-refractivity contribution >= 4 is 18.0 Å². The smallest absolute Gasteiger partial charge is 0.326 e. The van der Waals surface area contributed by atoms with E-state index >= 15 is 0 Å². The van der Waals surface area contributed by atoms with Crippen LogP contribution in [-0.4, -0.2) is 40.8 Å². The second-order valence-electron chi connectivity index (χ2n) is 5.75. The number of hydrogen-bond donors (Lipinski definition) is 4. The van der Waals surface area contributed by atoms with Crippen LogP contribution in [0, 0.1) is 5.41 Å². The highest BCUT2D eigenvalue weighted by molar-refractivity contribution is 5.82. The van der Waals surface area contributed by atoms with Gasteiger partial charge in [-0.3, -0.25) is 4.79 Å². The molecule has 0 heterocycles. The van der Waals surface area contributed by atoms with E-state index in [0.717, 1.165) is 25.7 Å². The van der Waals surface area contributed by atoms with E-state index in [4.69, 9.17) is 10.2 Å². The quantitative estimate of drug-likeness (QED) is 0.489. The van der Waals surface area contributed by atoms with Crippen LogP contribution < -0.4 is 10.6 Å². The highest BCUT2D eigenvalue weighted by atomic mass is 16.4. The van der Waals surface area contributed by atoms with Crippen molar-refractivity contribution < 1.29 is 24.6 Å². The highest BCUT2D eigenvalue weighted by Gasteiger charge is 2.41. The number of carboxylic acid groups (broad SMARTS) is 2. The molecule has 0 radical (unpaired) electrons. The molecule has 0 bridgehead atoms. The molecule has 7 nitrogen and oxygen atoms in total. The molecule has 1 saturated carbocycles. The number of carboxylic acids is 2. The van der Waals surface area contributed by atoms with E-state index in [-0.39, 0.29) is 24.7 Å². The van der Waals surface area contributed by atoms with Crippen molar-refractivity contribution in [1.29, 1.82) is 0 Å². The van der Waals surface area contributed by atoms with Crippen LogP contribution in [0.5, 0.6) is 0 Å². The SMILES string of the molecule is CCCC1(CNC(=O)N[C@H](CCCC(=O)O)C(=O)O)CC1. The molecule has 1 fully saturated rings. The van der Waals surface area contributed by atoms with Crippen molar-refractivity contribution in [3.8, 4) is 0 Å². The topological polar surface area (TPSA) is 116 Å². The van der Waals surface area contributed by atoms with Gasteiger partial charge in [0.2, 0.25) is 0 Å². The zero-order valence-corrected chi connectivity index (χ0v) is 12.4. The number of aliphatic carboxylic acids is 2. The van der Waals surface area contributed by atoms with Crippen LogP contribution in [0.15, 0.2) is 0 Å². The summed E-state index contributed by atoms with van der Waals surface area (Å²) in [5, 5.41) is 22.7. The summed E-state index contributed by atoms with van der Waals surface area (Å²) >= 11 is 0. The first kappa shape index (κ1) is 17.3. The van der Waals surface area contributed by atoms with Crippen molar-refractivity contribution in [2.24, 2.45) is 5.41 Å². The summed E-state index contributed by atoms with van der Waals surface area (Å²) in [5.74, 6) is -2.12. The Balaban J connectivity index is 2.31. The lowest BCUT2D eigenvalue weighted by molar-refractivity contribution is -0.140. The van der Waals surface area contributed by atoms with Gasteiger partial charge in [-0.2, -0.15) is 0 Å². The molecule has 2 amide bonds. The summed E-state index contributed by atoms with van der Waals surface area (Å²) < 4.78 is 0. The summed E-state index contributed by atoms with van der Waals surface area (Å²) in [6.07, 6.45) is 4.54. The molecule has 0 spiro atoms. The van der Waals surface area contributed by atoms with E-state index in [0.29, 0.717) is 6.54 Å².